The van der Waals surface area contributed by atoms with Crippen LogP contribution < -0.4 is 0 Å². The van der Waals surface area contributed by atoms with E-state index in [1.54, 1.807) is 0 Å². The molecule has 0 fully saturated rings. The number of phosphoric acid groups is 1. The number of aliphatic hydroxyl groups is 1. The summed E-state index contributed by atoms with van der Waals surface area (Å²) in [6, 6.07) is 0. The van der Waals surface area contributed by atoms with Crippen LogP contribution in [0.5, 0.6) is 0 Å². The maximum Gasteiger partial charge on any atom is 0.472 e. The molecule has 0 radical (unpaired) electrons. The number of esters is 3. The van der Waals surface area contributed by atoms with Crippen LogP contribution in [-0.4, -0.2) is 66.5 Å². The molecule has 11 nitrogen and oxygen atoms in total. The van der Waals surface area contributed by atoms with Crippen molar-refractivity contribution in [2.24, 2.45) is 0 Å². The highest BCUT2D eigenvalue weighted by Gasteiger charge is 2.28. The fourth-order valence-corrected chi connectivity index (χ4v) is 7.71. The van der Waals surface area contributed by atoms with Gasteiger partial charge >= 0.3 is 25.7 Å². The second kappa shape index (κ2) is 51.7. The topological polar surface area (TPSA) is 155 Å². The number of ether oxygens (including phenoxy) is 3. The zero-order valence-electron chi connectivity index (χ0n) is 43.9. The minimum absolute atomic E-state index is 0.109. The van der Waals surface area contributed by atoms with Crippen molar-refractivity contribution in [3.8, 4) is 0 Å². The van der Waals surface area contributed by atoms with Gasteiger partial charge in [-0.2, -0.15) is 0 Å². The summed E-state index contributed by atoms with van der Waals surface area (Å²) in [4.78, 5) is 48.4. The molecule has 0 rings (SSSR count). The average Bonchev–Trinajstić information content (AvgIpc) is 3.35. The lowest BCUT2D eigenvalue weighted by atomic mass is 10.0. The number of hydrogen-bond acceptors (Lipinski definition) is 10. The Morgan fingerprint density at radius 1 is 0.414 bits per heavy atom. The van der Waals surface area contributed by atoms with Crippen LogP contribution in [0.4, 0.5) is 0 Å². The molecule has 0 heterocycles. The molecule has 3 atom stereocenters. The number of carbonyl (C=O) groups excluding carboxylic acids is 3. The van der Waals surface area contributed by atoms with E-state index in [1.807, 2.05) is 0 Å². The first-order valence-corrected chi connectivity index (χ1v) is 28.6. The molecule has 0 aliphatic heterocycles. The Bertz CT molecular complexity index is 1540. The third kappa shape index (κ3) is 49.4. The molecule has 400 valence electrons. The fourth-order valence-electron chi connectivity index (χ4n) is 6.93. The number of carbonyl (C=O) groups is 3. The van der Waals surface area contributed by atoms with Gasteiger partial charge in [0.05, 0.1) is 19.8 Å². The molecule has 0 aromatic heterocycles. The van der Waals surface area contributed by atoms with Crippen LogP contribution in [0.25, 0.3) is 0 Å². The molecule has 2 N–H and O–H groups in total. The van der Waals surface area contributed by atoms with Crippen molar-refractivity contribution in [3.05, 3.63) is 97.2 Å². The van der Waals surface area contributed by atoms with E-state index in [0.29, 0.717) is 19.3 Å². The van der Waals surface area contributed by atoms with Crippen LogP contribution in [-0.2, 0) is 42.2 Å². The zero-order valence-corrected chi connectivity index (χ0v) is 44.8. The molecule has 0 aromatic rings. The Morgan fingerprint density at radius 3 is 1.14 bits per heavy atom. The van der Waals surface area contributed by atoms with Gasteiger partial charge < -0.3 is 24.2 Å². The van der Waals surface area contributed by atoms with E-state index in [1.165, 1.54) is 57.8 Å². The first kappa shape index (κ1) is 66.4. The molecule has 0 amide bonds. The lowest BCUT2D eigenvalue weighted by Crippen LogP contribution is -2.30. The summed E-state index contributed by atoms with van der Waals surface area (Å²) in [6.45, 7) is 4.30. The molecule has 12 heteroatoms. The average molecular weight is 1000 g/mol. The Kier molecular flexibility index (Phi) is 49.1. The molecule has 0 spiro atoms. The summed E-state index contributed by atoms with van der Waals surface area (Å²) in [7, 11) is -4.77. The van der Waals surface area contributed by atoms with Gasteiger partial charge in [0.15, 0.2) is 6.10 Å². The Morgan fingerprint density at radius 2 is 0.743 bits per heavy atom. The van der Waals surface area contributed by atoms with Crippen molar-refractivity contribution in [1.82, 2.24) is 0 Å². The van der Waals surface area contributed by atoms with Crippen molar-refractivity contribution in [3.63, 3.8) is 0 Å². The predicted molar refractivity (Wildman–Crippen MR) is 288 cm³/mol. The maximum absolute atomic E-state index is 12.9. The Labute approximate surface area is 425 Å². The van der Waals surface area contributed by atoms with Crippen LogP contribution >= 0.6 is 7.82 Å². The van der Waals surface area contributed by atoms with Gasteiger partial charge in [-0.1, -0.05) is 195 Å². The van der Waals surface area contributed by atoms with Crippen molar-refractivity contribution < 1.29 is 52.2 Å². The van der Waals surface area contributed by atoms with Gasteiger partial charge in [-0.15, -0.1) is 0 Å². The number of allylic oxidation sites excluding steroid dienone is 16. The lowest BCUT2D eigenvalue weighted by molar-refractivity contribution is -0.161. The summed E-state index contributed by atoms with van der Waals surface area (Å²) in [5.41, 5.74) is 0. The van der Waals surface area contributed by atoms with Crippen LogP contribution in [0, 0.1) is 0 Å². The van der Waals surface area contributed by atoms with Gasteiger partial charge in [0.1, 0.15) is 12.7 Å². The summed E-state index contributed by atoms with van der Waals surface area (Å²) in [5.74, 6) is -1.56. The summed E-state index contributed by atoms with van der Waals surface area (Å²) in [6.07, 6.45) is 59.5. The quantitative estimate of drug-likeness (QED) is 0.0197. The van der Waals surface area contributed by atoms with Gasteiger partial charge in [0.25, 0.3) is 0 Å². The molecular weight excluding hydrogens is 904 g/mol. The minimum Gasteiger partial charge on any atom is -0.462 e. The first-order valence-electron chi connectivity index (χ1n) is 27.1. The van der Waals surface area contributed by atoms with Crippen LogP contribution in [0.15, 0.2) is 97.2 Å². The predicted octanol–water partition coefficient (Wildman–Crippen LogP) is 15.7. The van der Waals surface area contributed by atoms with E-state index in [4.69, 9.17) is 23.3 Å². The molecule has 0 aromatic carbocycles. The van der Waals surface area contributed by atoms with Crippen LogP contribution in [0.2, 0.25) is 0 Å². The number of rotatable bonds is 49. The lowest BCUT2D eigenvalue weighted by Gasteiger charge is -2.21. The third-order valence-electron chi connectivity index (χ3n) is 11.0. The molecule has 0 aliphatic carbocycles. The van der Waals surface area contributed by atoms with E-state index in [0.717, 1.165) is 96.3 Å². The van der Waals surface area contributed by atoms with Crippen LogP contribution in [0.3, 0.4) is 0 Å². The normalized spacial score (nSPS) is 14.2. The molecule has 0 aliphatic rings. The number of aliphatic hydroxyl groups excluding tert-OH is 1. The monoisotopic (exact) mass is 1000 g/mol. The summed E-state index contributed by atoms with van der Waals surface area (Å²) < 4.78 is 39.3. The van der Waals surface area contributed by atoms with E-state index in [2.05, 4.69) is 118 Å². The largest absolute Gasteiger partial charge is 0.472 e. The molecule has 0 bridgehead atoms. The van der Waals surface area contributed by atoms with Crippen molar-refractivity contribution in [1.29, 1.82) is 0 Å². The summed E-state index contributed by atoms with van der Waals surface area (Å²) in [5, 5.41) is 9.79. The van der Waals surface area contributed by atoms with Gasteiger partial charge in [0.2, 0.25) is 0 Å². The second-order valence-corrected chi connectivity index (χ2v) is 19.1. The zero-order chi connectivity index (χ0) is 51.3. The highest BCUT2D eigenvalue weighted by molar-refractivity contribution is 7.47. The van der Waals surface area contributed by atoms with Crippen LogP contribution in [0.1, 0.15) is 213 Å². The van der Waals surface area contributed by atoms with Crippen molar-refractivity contribution in [2.45, 2.75) is 226 Å². The van der Waals surface area contributed by atoms with E-state index in [-0.39, 0.29) is 25.9 Å². The SMILES string of the molecule is CC/C=C\C/C=C\C/C=C\C/C=C\CCCCC(=O)OC(CO)COP(=O)(O)OCC(COC(=O)CCCCCCCCCCCCCCC)OC(=O)CCCC/C=C\C/C=C\C/C=C\C/C=C\CC. The number of unbranched alkanes of at least 4 members (excludes halogenated alkanes) is 16. The number of phosphoric ester groups is 1. The highest BCUT2D eigenvalue weighted by atomic mass is 31.2. The first-order chi connectivity index (χ1) is 34.2. The molecule has 0 saturated carbocycles. The van der Waals surface area contributed by atoms with Gasteiger partial charge in [-0.25, -0.2) is 4.57 Å². The standard InChI is InChI=1S/C58H97O11P/c1-4-7-10-13-16-19-22-25-27-30-33-36-39-42-45-48-57(61)68-54(50-59)52-66-70(63,64)67-53-55(51-65-56(60)47-44-41-38-35-32-29-24-21-18-15-12-9-6-3)69-58(62)49-46-43-40-37-34-31-28-26-23-20-17-14-11-8-5-2/h7-8,10-11,16-17,19-20,25-28,33-34,36-37,54-55,59H,4-6,9,12-15,18,21-24,29-32,35,38-53H2,1-3H3,(H,63,64)/b10-7-,11-8-,19-16-,20-17-,27-25-,28-26-,36-33-,37-34-. The summed E-state index contributed by atoms with van der Waals surface area (Å²) >= 11 is 0. The van der Waals surface area contributed by atoms with Crippen molar-refractivity contribution in [2.75, 3.05) is 26.4 Å². The van der Waals surface area contributed by atoms with Gasteiger partial charge in [-0.05, 0) is 96.3 Å². The fraction of sp³-hybridized carbons (Fsp3) is 0.672. The van der Waals surface area contributed by atoms with E-state index < -0.39 is 57.8 Å². The third-order valence-corrected chi connectivity index (χ3v) is 12.0. The number of hydrogen-bond donors (Lipinski definition) is 2. The second-order valence-electron chi connectivity index (χ2n) is 17.6. The van der Waals surface area contributed by atoms with E-state index >= 15 is 0 Å². The minimum atomic E-state index is -4.77. The van der Waals surface area contributed by atoms with Gasteiger partial charge in [-0.3, -0.25) is 23.4 Å². The smallest absolute Gasteiger partial charge is 0.462 e. The van der Waals surface area contributed by atoms with E-state index in [9.17, 15) is 28.9 Å². The molecule has 0 saturated heterocycles. The highest BCUT2D eigenvalue weighted by Crippen LogP contribution is 2.43. The maximum atomic E-state index is 12.9. The van der Waals surface area contributed by atoms with Crippen molar-refractivity contribution >= 4 is 25.7 Å². The molecular formula is C58H97O11P. The molecule has 3 unspecified atom stereocenters. The Hall–Kier alpha value is -3.60. The van der Waals surface area contributed by atoms with Gasteiger partial charge in [0, 0.05) is 19.3 Å². The molecule has 70 heavy (non-hydrogen) atoms. The Balaban J connectivity index is 4.83.